The van der Waals surface area contributed by atoms with E-state index in [1.807, 2.05) is 13.8 Å². The average molecular weight is 382 g/mol. The summed E-state index contributed by atoms with van der Waals surface area (Å²) in [5.74, 6) is -0.312. The van der Waals surface area contributed by atoms with Crippen LogP contribution in [0.4, 0.5) is 0 Å². The number of amides is 1. The molecule has 8 nitrogen and oxygen atoms in total. The molecule has 144 valence electrons. The van der Waals surface area contributed by atoms with Crippen LogP contribution in [0, 0.1) is 0 Å². The number of carbonyl (C=O) groups excluding carboxylic acids is 1. The summed E-state index contributed by atoms with van der Waals surface area (Å²) in [6, 6.07) is 4.92. The molecule has 0 aliphatic carbocycles. The number of hydrogen-bond donors (Lipinski definition) is 1. The van der Waals surface area contributed by atoms with Crippen LogP contribution in [0.3, 0.4) is 0 Å². The Hall–Kier alpha value is -2.00. The third-order valence-corrected chi connectivity index (χ3v) is 6.18. The number of hydrogen-bond acceptors (Lipinski definition) is 5. The molecule has 2 aromatic rings. The standard InChI is InChI=1S/C17H27N5O3S/c1-5-7-10-18-17(23)12-21(4)26(24,25)14-8-9-16-15(11-14)19-20-22(16)13(3)6-2/h8-9,11,13H,5-7,10,12H2,1-4H3,(H,18,23)/t13-/m1/s1. The van der Waals surface area contributed by atoms with E-state index in [0.29, 0.717) is 12.1 Å². The number of nitrogens with zero attached hydrogens (tertiary/aromatic N) is 4. The minimum Gasteiger partial charge on any atom is -0.355 e. The van der Waals surface area contributed by atoms with Gasteiger partial charge in [0.1, 0.15) is 5.52 Å². The first-order valence-electron chi connectivity index (χ1n) is 8.89. The minimum atomic E-state index is -3.78. The van der Waals surface area contributed by atoms with Crippen LogP contribution in [0.15, 0.2) is 23.1 Å². The highest BCUT2D eigenvalue weighted by atomic mass is 32.2. The zero-order valence-corrected chi connectivity index (χ0v) is 16.6. The molecular weight excluding hydrogens is 354 g/mol. The Morgan fingerprint density at radius 3 is 2.73 bits per heavy atom. The van der Waals surface area contributed by atoms with E-state index in [-0.39, 0.29) is 23.4 Å². The predicted octanol–water partition coefficient (Wildman–Crippen LogP) is 1.94. The molecule has 1 aromatic heterocycles. The highest BCUT2D eigenvalue weighted by Crippen LogP contribution is 2.22. The van der Waals surface area contributed by atoms with Crippen molar-refractivity contribution in [3.8, 4) is 0 Å². The monoisotopic (exact) mass is 381 g/mol. The van der Waals surface area contributed by atoms with E-state index in [1.54, 1.807) is 10.7 Å². The van der Waals surface area contributed by atoms with Crippen LogP contribution in [0.2, 0.25) is 0 Å². The van der Waals surface area contributed by atoms with E-state index < -0.39 is 10.0 Å². The number of carbonyl (C=O) groups is 1. The molecule has 0 aliphatic heterocycles. The van der Waals surface area contributed by atoms with Gasteiger partial charge in [-0.05, 0) is 38.0 Å². The molecule has 1 amide bonds. The van der Waals surface area contributed by atoms with E-state index in [0.717, 1.165) is 29.1 Å². The Morgan fingerprint density at radius 1 is 1.35 bits per heavy atom. The largest absolute Gasteiger partial charge is 0.355 e. The molecule has 1 N–H and O–H groups in total. The zero-order chi connectivity index (χ0) is 19.3. The van der Waals surface area contributed by atoms with Crippen LogP contribution in [-0.2, 0) is 14.8 Å². The Balaban J connectivity index is 2.19. The summed E-state index contributed by atoms with van der Waals surface area (Å²) < 4.78 is 28.3. The lowest BCUT2D eigenvalue weighted by Gasteiger charge is -2.17. The first-order chi connectivity index (χ1) is 12.3. The van der Waals surface area contributed by atoms with Crippen molar-refractivity contribution in [2.24, 2.45) is 0 Å². The van der Waals surface area contributed by atoms with Gasteiger partial charge in [-0.15, -0.1) is 5.10 Å². The quantitative estimate of drug-likeness (QED) is 0.670. The smallest absolute Gasteiger partial charge is 0.243 e. The average Bonchev–Trinajstić information content (AvgIpc) is 3.04. The first-order valence-corrected chi connectivity index (χ1v) is 10.3. The lowest BCUT2D eigenvalue weighted by Crippen LogP contribution is -2.38. The highest BCUT2D eigenvalue weighted by Gasteiger charge is 2.24. The molecule has 1 atom stereocenters. The summed E-state index contributed by atoms with van der Waals surface area (Å²) in [5.41, 5.74) is 1.31. The molecule has 26 heavy (non-hydrogen) atoms. The maximum absolute atomic E-state index is 12.7. The number of sulfonamides is 1. The molecule has 0 saturated carbocycles. The molecule has 0 radical (unpaired) electrons. The van der Waals surface area contributed by atoms with Crippen LogP contribution < -0.4 is 5.32 Å². The summed E-state index contributed by atoms with van der Waals surface area (Å²) in [6.07, 6.45) is 2.73. The van der Waals surface area contributed by atoms with Crippen molar-refractivity contribution < 1.29 is 13.2 Å². The van der Waals surface area contributed by atoms with Gasteiger partial charge in [0.15, 0.2) is 0 Å². The van der Waals surface area contributed by atoms with Gasteiger partial charge in [-0.2, -0.15) is 4.31 Å². The van der Waals surface area contributed by atoms with Crippen molar-refractivity contribution >= 4 is 27.0 Å². The molecule has 0 spiro atoms. The fourth-order valence-corrected chi connectivity index (χ4v) is 3.66. The summed E-state index contributed by atoms with van der Waals surface area (Å²) in [4.78, 5) is 12.0. The molecule has 9 heteroatoms. The molecule has 0 saturated heterocycles. The van der Waals surface area contributed by atoms with Crippen molar-refractivity contribution in [3.05, 3.63) is 18.2 Å². The van der Waals surface area contributed by atoms with Gasteiger partial charge in [-0.3, -0.25) is 4.79 Å². The maximum Gasteiger partial charge on any atom is 0.243 e. The number of fused-ring (bicyclic) bond motifs is 1. The van der Waals surface area contributed by atoms with Crippen molar-refractivity contribution in [1.29, 1.82) is 0 Å². The minimum absolute atomic E-state index is 0.102. The van der Waals surface area contributed by atoms with Crippen LogP contribution in [0.25, 0.3) is 11.0 Å². The number of rotatable bonds is 9. The Morgan fingerprint density at radius 2 is 2.08 bits per heavy atom. The predicted molar refractivity (Wildman–Crippen MR) is 100 cm³/mol. The van der Waals surface area contributed by atoms with Crippen LogP contribution in [-0.4, -0.2) is 53.8 Å². The number of likely N-dealkylation sites (N-methyl/N-ethyl adjacent to an activating group) is 1. The molecule has 2 rings (SSSR count). The van der Waals surface area contributed by atoms with E-state index in [1.165, 1.54) is 19.2 Å². The second-order valence-electron chi connectivity index (χ2n) is 6.41. The summed E-state index contributed by atoms with van der Waals surface area (Å²) in [5, 5.41) is 10.9. The van der Waals surface area contributed by atoms with Crippen molar-refractivity contribution in [2.75, 3.05) is 20.1 Å². The molecule has 0 aliphatic rings. The molecule has 0 fully saturated rings. The van der Waals surface area contributed by atoms with E-state index >= 15 is 0 Å². The maximum atomic E-state index is 12.7. The fraction of sp³-hybridized carbons (Fsp3) is 0.588. The highest BCUT2D eigenvalue weighted by molar-refractivity contribution is 7.89. The van der Waals surface area contributed by atoms with Gasteiger partial charge in [0, 0.05) is 13.6 Å². The SMILES string of the molecule is CCCCNC(=O)CN(C)S(=O)(=O)c1ccc2c(c1)nnn2[C@H](C)CC. The molecule has 0 unspecified atom stereocenters. The van der Waals surface area contributed by atoms with Gasteiger partial charge < -0.3 is 5.32 Å². The number of benzene rings is 1. The van der Waals surface area contributed by atoms with Gasteiger partial charge in [0.2, 0.25) is 15.9 Å². The van der Waals surface area contributed by atoms with Crippen molar-refractivity contribution in [1.82, 2.24) is 24.6 Å². The molecule has 1 heterocycles. The molecule has 0 bridgehead atoms. The summed E-state index contributed by atoms with van der Waals surface area (Å²) in [6.45, 7) is 6.44. The van der Waals surface area contributed by atoms with E-state index in [2.05, 4.69) is 22.6 Å². The Labute approximate surface area is 154 Å². The van der Waals surface area contributed by atoms with Crippen LogP contribution in [0.5, 0.6) is 0 Å². The third kappa shape index (κ3) is 4.39. The lowest BCUT2D eigenvalue weighted by molar-refractivity contribution is -0.121. The number of unbranched alkanes of at least 4 members (excludes halogenated alkanes) is 1. The Bertz CT molecular complexity index is 862. The second-order valence-corrected chi connectivity index (χ2v) is 8.45. The van der Waals surface area contributed by atoms with Crippen molar-refractivity contribution in [2.45, 2.75) is 51.0 Å². The summed E-state index contributed by atoms with van der Waals surface area (Å²) >= 11 is 0. The van der Waals surface area contributed by atoms with Gasteiger partial charge in [0.25, 0.3) is 0 Å². The van der Waals surface area contributed by atoms with Gasteiger partial charge in [-0.25, -0.2) is 13.1 Å². The van der Waals surface area contributed by atoms with Crippen molar-refractivity contribution in [3.63, 3.8) is 0 Å². The van der Waals surface area contributed by atoms with Crippen LogP contribution in [0.1, 0.15) is 46.1 Å². The van der Waals surface area contributed by atoms with E-state index in [4.69, 9.17) is 0 Å². The second kappa shape index (κ2) is 8.59. The van der Waals surface area contributed by atoms with Crippen LogP contribution >= 0.6 is 0 Å². The van der Waals surface area contributed by atoms with Gasteiger partial charge >= 0.3 is 0 Å². The number of nitrogens with one attached hydrogen (secondary N) is 1. The van der Waals surface area contributed by atoms with Gasteiger partial charge in [-0.1, -0.05) is 25.5 Å². The van der Waals surface area contributed by atoms with E-state index in [9.17, 15) is 13.2 Å². The fourth-order valence-electron chi connectivity index (χ4n) is 2.51. The zero-order valence-electron chi connectivity index (χ0n) is 15.8. The summed E-state index contributed by atoms with van der Waals surface area (Å²) in [7, 11) is -2.38. The molecule has 1 aromatic carbocycles. The normalized spacial score (nSPS) is 13.3. The molecular formula is C17H27N5O3S. The number of aromatic nitrogens is 3. The Kier molecular flexibility index (Phi) is 6.71. The van der Waals surface area contributed by atoms with Gasteiger partial charge in [0.05, 0.1) is 23.0 Å². The topological polar surface area (TPSA) is 97.2 Å². The lowest BCUT2D eigenvalue weighted by atomic mass is 10.2. The first kappa shape index (κ1) is 20.3. The third-order valence-electron chi connectivity index (χ3n) is 4.38.